The number of ether oxygens (including phenoxy) is 2. The average Bonchev–Trinajstić information content (AvgIpc) is 2.53. The number of nitrogens with zero attached hydrogens (tertiary/aromatic N) is 1. The van der Waals surface area contributed by atoms with E-state index in [1.807, 2.05) is 12.1 Å². The van der Waals surface area contributed by atoms with Gasteiger partial charge in [0.2, 0.25) is 0 Å². The Labute approximate surface area is 121 Å². The van der Waals surface area contributed by atoms with Gasteiger partial charge in [-0.15, -0.1) is 0 Å². The van der Waals surface area contributed by atoms with E-state index in [0.717, 1.165) is 24.6 Å². The summed E-state index contributed by atoms with van der Waals surface area (Å²) in [6.45, 7) is 2.10. The molecule has 1 saturated carbocycles. The first-order valence-electron chi connectivity index (χ1n) is 7.55. The highest BCUT2D eigenvalue weighted by Crippen LogP contribution is 2.37. The smallest absolute Gasteiger partial charge is 0.145 e. The first-order chi connectivity index (χ1) is 9.83. The molecule has 1 aromatic rings. The summed E-state index contributed by atoms with van der Waals surface area (Å²) in [7, 11) is 3.43. The molecule has 4 nitrogen and oxygen atoms in total. The first kappa shape index (κ1) is 13.6. The van der Waals surface area contributed by atoms with Crippen LogP contribution in [0.4, 0.5) is 5.69 Å². The summed E-state index contributed by atoms with van der Waals surface area (Å²) in [5, 5.41) is 3.67. The van der Waals surface area contributed by atoms with Crippen molar-refractivity contribution in [3.8, 4) is 11.5 Å². The molecular formula is C16H24N2O2. The third kappa shape index (κ3) is 2.44. The van der Waals surface area contributed by atoms with Crippen LogP contribution in [0.5, 0.6) is 11.5 Å². The molecule has 4 heteroatoms. The van der Waals surface area contributed by atoms with Gasteiger partial charge in [-0.1, -0.05) is 12.8 Å². The van der Waals surface area contributed by atoms with Gasteiger partial charge in [-0.25, -0.2) is 0 Å². The maximum absolute atomic E-state index is 5.58. The van der Waals surface area contributed by atoms with Crippen LogP contribution in [-0.2, 0) is 0 Å². The van der Waals surface area contributed by atoms with Gasteiger partial charge in [0.1, 0.15) is 11.5 Å². The molecule has 1 N–H and O–H groups in total. The molecule has 2 atom stereocenters. The Hall–Kier alpha value is -1.42. The first-order valence-corrected chi connectivity index (χ1v) is 7.55. The standard InChI is InChI=1S/C16H24N2O2/c1-19-12-7-8-15(16(11-12)20-2)18-10-9-17-13-5-3-4-6-14(13)18/h7-8,11,13-14,17H,3-6,9-10H2,1-2H3. The number of hydrogen-bond donors (Lipinski definition) is 1. The summed E-state index contributed by atoms with van der Waals surface area (Å²) >= 11 is 0. The van der Waals surface area contributed by atoms with E-state index in [-0.39, 0.29) is 0 Å². The zero-order valence-electron chi connectivity index (χ0n) is 12.4. The Kier molecular flexibility index (Phi) is 4.01. The molecule has 1 aliphatic carbocycles. The highest BCUT2D eigenvalue weighted by atomic mass is 16.5. The Morgan fingerprint density at radius 1 is 1.15 bits per heavy atom. The van der Waals surface area contributed by atoms with Gasteiger partial charge < -0.3 is 19.7 Å². The van der Waals surface area contributed by atoms with Gasteiger partial charge in [-0.2, -0.15) is 0 Å². The molecule has 0 radical (unpaired) electrons. The van der Waals surface area contributed by atoms with Crippen molar-refractivity contribution in [3.63, 3.8) is 0 Å². The molecule has 0 spiro atoms. The maximum atomic E-state index is 5.58. The maximum Gasteiger partial charge on any atom is 0.145 e. The van der Waals surface area contributed by atoms with Crippen LogP contribution < -0.4 is 19.7 Å². The van der Waals surface area contributed by atoms with Crippen LogP contribution in [-0.4, -0.2) is 39.4 Å². The van der Waals surface area contributed by atoms with E-state index in [1.165, 1.54) is 31.4 Å². The minimum Gasteiger partial charge on any atom is -0.497 e. The lowest BCUT2D eigenvalue weighted by atomic mass is 9.87. The van der Waals surface area contributed by atoms with E-state index in [1.54, 1.807) is 14.2 Å². The fourth-order valence-corrected chi connectivity index (χ4v) is 3.58. The highest BCUT2D eigenvalue weighted by Gasteiger charge is 2.34. The predicted molar refractivity (Wildman–Crippen MR) is 80.9 cm³/mol. The van der Waals surface area contributed by atoms with Gasteiger partial charge in [-0.05, 0) is 25.0 Å². The number of rotatable bonds is 3. The summed E-state index contributed by atoms with van der Waals surface area (Å²) < 4.78 is 10.9. The molecule has 3 rings (SSSR count). The fraction of sp³-hybridized carbons (Fsp3) is 0.625. The number of benzene rings is 1. The van der Waals surface area contributed by atoms with Crippen LogP contribution in [0.25, 0.3) is 0 Å². The van der Waals surface area contributed by atoms with E-state index in [9.17, 15) is 0 Å². The number of anilines is 1. The second-order valence-corrected chi connectivity index (χ2v) is 5.64. The molecular weight excluding hydrogens is 252 g/mol. The molecule has 1 aromatic carbocycles. The van der Waals surface area contributed by atoms with Gasteiger partial charge in [-0.3, -0.25) is 0 Å². The summed E-state index contributed by atoms with van der Waals surface area (Å²) in [5.41, 5.74) is 1.20. The molecule has 1 heterocycles. The van der Waals surface area contributed by atoms with Crippen LogP contribution in [0, 0.1) is 0 Å². The molecule has 0 aromatic heterocycles. The molecule has 20 heavy (non-hydrogen) atoms. The normalized spacial score (nSPS) is 26.0. The molecule has 110 valence electrons. The van der Waals surface area contributed by atoms with E-state index in [2.05, 4.69) is 16.3 Å². The topological polar surface area (TPSA) is 33.7 Å². The van der Waals surface area contributed by atoms with Crippen molar-refractivity contribution >= 4 is 5.69 Å². The monoisotopic (exact) mass is 276 g/mol. The van der Waals surface area contributed by atoms with E-state index in [4.69, 9.17) is 9.47 Å². The van der Waals surface area contributed by atoms with Gasteiger partial charge in [0.05, 0.1) is 19.9 Å². The Balaban J connectivity index is 1.90. The zero-order valence-corrected chi connectivity index (χ0v) is 12.4. The lowest BCUT2D eigenvalue weighted by molar-refractivity contribution is 0.282. The van der Waals surface area contributed by atoms with Crippen LogP contribution in [0.2, 0.25) is 0 Å². The number of methoxy groups -OCH3 is 2. The van der Waals surface area contributed by atoms with Crippen molar-refractivity contribution in [2.24, 2.45) is 0 Å². The average molecular weight is 276 g/mol. The zero-order chi connectivity index (χ0) is 13.9. The van der Waals surface area contributed by atoms with Gasteiger partial charge in [0.25, 0.3) is 0 Å². The molecule has 2 fully saturated rings. The van der Waals surface area contributed by atoms with Gasteiger partial charge in [0.15, 0.2) is 0 Å². The molecule has 1 aliphatic heterocycles. The second-order valence-electron chi connectivity index (χ2n) is 5.64. The lowest BCUT2D eigenvalue weighted by Gasteiger charge is -2.46. The van der Waals surface area contributed by atoms with Crippen molar-refractivity contribution in [1.29, 1.82) is 0 Å². The quantitative estimate of drug-likeness (QED) is 0.919. The van der Waals surface area contributed by atoms with Crippen LogP contribution in [0.15, 0.2) is 18.2 Å². The highest BCUT2D eigenvalue weighted by molar-refractivity contribution is 5.62. The van der Waals surface area contributed by atoms with Crippen molar-refractivity contribution < 1.29 is 9.47 Å². The van der Waals surface area contributed by atoms with E-state index >= 15 is 0 Å². The summed E-state index contributed by atoms with van der Waals surface area (Å²) in [5.74, 6) is 1.76. The Morgan fingerprint density at radius 2 is 2.00 bits per heavy atom. The lowest BCUT2D eigenvalue weighted by Crippen LogP contribution is -2.59. The van der Waals surface area contributed by atoms with Crippen LogP contribution in [0.3, 0.4) is 0 Å². The SMILES string of the molecule is COc1ccc(N2CCNC3CCCCC32)c(OC)c1. The second kappa shape index (κ2) is 5.92. The van der Waals surface area contributed by atoms with Gasteiger partial charge in [0, 0.05) is 31.2 Å². The van der Waals surface area contributed by atoms with E-state index < -0.39 is 0 Å². The number of fused-ring (bicyclic) bond motifs is 1. The summed E-state index contributed by atoms with van der Waals surface area (Å²) in [6, 6.07) is 7.37. The number of nitrogens with one attached hydrogen (secondary N) is 1. The van der Waals surface area contributed by atoms with Crippen LogP contribution in [0.1, 0.15) is 25.7 Å². The molecule has 0 amide bonds. The minimum absolute atomic E-state index is 0.597. The van der Waals surface area contributed by atoms with Crippen molar-refractivity contribution in [2.45, 2.75) is 37.8 Å². The summed E-state index contributed by atoms with van der Waals surface area (Å²) in [6.07, 6.45) is 5.24. The number of hydrogen-bond acceptors (Lipinski definition) is 4. The molecule has 1 saturated heterocycles. The Bertz CT molecular complexity index is 462. The van der Waals surface area contributed by atoms with Gasteiger partial charge >= 0.3 is 0 Å². The molecule has 2 unspecified atom stereocenters. The third-order valence-corrected chi connectivity index (χ3v) is 4.59. The van der Waals surface area contributed by atoms with Crippen molar-refractivity contribution in [2.75, 3.05) is 32.2 Å². The largest absolute Gasteiger partial charge is 0.497 e. The fourth-order valence-electron chi connectivity index (χ4n) is 3.58. The summed E-state index contributed by atoms with van der Waals surface area (Å²) in [4.78, 5) is 2.53. The minimum atomic E-state index is 0.597. The number of piperazine rings is 1. The third-order valence-electron chi connectivity index (χ3n) is 4.59. The Morgan fingerprint density at radius 3 is 2.80 bits per heavy atom. The van der Waals surface area contributed by atoms with Crippen LogP contribution >= 0.6 is 0 Å². The molecule has 2 aliphatic rings. The van der Waals surface area contributed by atoms with Crippen molar-refractivity contribution in [3.05, 3.63) is 18.2 Å². The van der Waals surface area contributed by atoms with Crippen molar-refractivity contribution in [1.82, 2.24) is 5.32 Å². The molecule has 0 bridgehead atoms. The van der Waals surface area contributed by atoms with E-state index in [0.29, 0.717) is 12.1 Å². The predicted octanol–water partition coefficient (Wildman–Crippen LogP) is 2.42.